The van der Waals surface area contributed by atoms with E-state index in [0.717, 1.165) is 76.4 Å². The molecule has 9 heteroatoms. The maximum Gasteiger partial charge on any atom is 0.254 e. The number of amides is 2. The Bertz CT molecular complexity index is 1410. The molecule has 2 amide bonds. The number of halogens is 2. The molecular weight excluding hydrogens is 530 g/mol. The molecule has 1 atom stereocenters. The van der Waals surface area contributed by atoms with E-state index in [9.17, 15) is 9.59 Å². The molecule has 3 heterocycles. The second-order valence-electron chi connectivity index (χ2n) is 9.04. The number of nitrogens with one attached hydrogen (secondary N) is 3. The number of H-pyrrole nitrogens is 2. The number of unbranched alkanes of at least 4 members (excludes halogenated alkanes) is 1. The van der Waals surface area contributed by atoms with Gasteiger partial charge in [-0.3, -0.25) is 14.5 Å². The van der Waals surface area contributed by atoms with E-state index in [1.807, 2.05) is 42.5 Å². The summed E-state index contributed by atoms with van der Waals surface area (Å²) in [5, 5.41) is 5.59. The highest BCUT2D eigenvalue weighted by atomic mass is 79.9. The SMILES string of the molecule is NC(=O)[C@@H]1CCCN1CCCCNC(=O)c1c(-c2cc3cc(Cl)ccc3[nH]2)[nH]c2cc(Br)ccc12. The van der Waals surface area contributed by atoms with Crippen molar-refractivity contribution < 1.29 is 9.59 Å². The summed E-state index contributed by atoms with van der Waals surface area (Å²) in [5.41, 5.74) is 9.51. The summed E-state index contributed by atoms with van der Waals surface area (Å²) in [5.74, 6) is -0.366. The minimum Gasteiger partial charge on any atom is -0.368 e. The Balaban J connectivity index is 1.33. The molecule has 4 aromatic rings. The summed E-state index contributed by atoms with van der Waals surface area (Å²) in [6, 6.07) is 13.4. The lowest BCUT2D eigenvalue weighted by atomic mass is 10.1. The van der Waals surface area contributed by atoms with Crippen molar-refractivity contribution in [2.75, 3.05) is 19.6 Å². The van der Waals surface area contributed by atoms with E-state index in [1.165, 1.54) is 0 Å². The van der Waals surface area contributed by atoms with Crippen molar-refractivity contribution in [3.63, 3.8) is 0 Å². The summed E-state index contributed by atoms with van der Waals surface area (Å²) >= 11 is 9.69. The van der Waals surface area contributed by atoms with Crippen molar-refractivity contribution in [3.8, 4) is 11.4 Å². The summed E-state index contributed by atoms with van der Waals surface area (Å²) in [6.45, 7) is 2.27. The lowest BCUT2D eigenvalue weighted by Gasteiger charge is -2.21. The van der Waals surface area contributed by atoms with Crippen LogP contribution in [0.4, 0.5) is 0 Å². The molecule has 0 radical (unpaired) electrons. The number of nitrogens with zero attached hydrogens (tertiary/aromatic N) is 1. The normalized spacial score (nSPS) is 16.3. The van der Waals surface area contributed by atoms with Crippen LogP contribution < -0.4 is 11.1 Å². The number of nitrogens with two attached hydrogens (primary N) is 1. The highest BCUT2D eigenvalue weighted by Gasteiger charge is 2.28. The number of aromatic nitrogens is 2. The van der Waals surface area contributed by atoms with Crippen LogP contribution in [0.15, 0.2) is 46.9 Å². The van der Waals surface area contributed by atoms with Crippen LogP contribution in [0, 0.1) is 0 Å². The van der Waals surface area contributed by atoms with E-state index in [-0.39, 0.29) is 17.9 Å². The average Bonchev–Trinajstić information content (AvgIpc) is 3.54. The molecule has 182 valence electrons. The lowest BCUT2D eigenvalue weighted by molar-refractivity contribution is -0.122. The smallest absolute Gasteiger partial charge is 0.254 e. The van der Waals surface area contributed by atoms with Crippen molar-refractivity contribution >= 4 is 61.2 Å². The third-order valence-corrected chi connectivity index (χ3v) is 7.42. The number of aromatic amines is 2. The first-order chi connectivity index (χ1) is 16.9. The van der Waals surface area contributed by atoms with Crippen molar-refractivity contribution in [2.24, 2.45) is 5.73 Å². The fraction of sp³-hybridized carbons (Fsp3) is 0.308. The summed E-state index contributed by atoms with van der Waals surface area (Å²) in [7, 11) is 0. The summed E-state index contributed by atoms with van der Waals surface area (Å²) in [6.07, 6.45) is 3.55. The number of carbonyl (C=O) groups is 2. The van der Waals surface area contributed by atoms with Gasteiger partial charge < -0.3 is 21.0 Å². The minimum absolute atomic E-state index is 0.124. The highest BCUT2D eigenvalue weighted by molar-refractivity contribution is 9.10. The molecule has 0 spiro atoms. The molecule has 0 saturated carbocycles. The van der Waals surface area contributed by atoms with E-state index >= 15 is 0 Å². The number of fused-ring (bicyclic) bond motifs is 2. The number of hydrogen-bond donors (Lipinski definition) is 4. The minimum atomic E-state index is -0.242. The predicted molar refractivity (Wildman–Crippen MR) is 144 cm³/mol. The zero-order valence-electron chi connectivity index (χ0n) is 19.2. The Labute approximate surface area is 216 Å². The third kappa shape index (κ3) is 4.96. The van der Waals surface area contributed by atoms with Gasteiger partial charge in [0.15, 0.2) is 0 Å². The van der Waals surface area contributed by atoms with Crippen molar-refractivity contribution in [3.05, 3.63) is 57.5 Å². The predicted octanol–water partition coefficient (Wildman–Crippen LogP) is 5.19. The molecule has 1 saturated heterocycles. The molecule has 7 nitrogen and oxygen atoms in total. The Hall–Kier alpha value is -2.81. The standard InChI is InChI=1S/C26H27BrClN5O2/c27-16-5-7-18-20(14-16)32-24(21-13-15-12-17(28)6-8-19(15)31-21)23(18)26(35)30-9-1-2-10-33-11-3-4-22(33)25(29)34/h5-8,12-14,22,31-32H,1-4,9-11H2,(H2,29,34)(H,30,35)/t22-/m0/s1. The molecule has 5 N–H and O–H groups in total. The van der Waals surface area contributed by atoms with Gasteiger partial charge in [0.05, 0.1) is 23.0 Å². The summed E-state index contributed by atoms with van der Waals surface area (Å²) in [4.78, 5) is 33.9. The maximum absolute atomic E-state index is 13.4. The fourth-order valence-electron chi connectivity index (χ4n) is 4.99. The van der Waals surface area contributed by atoms with Crippen LogP contribution in [0.5, 0.6) is 0 Å². The van der Waals surface area contributed by atoms with Gasteiger partial charge in [0.2, 0.25) is 5.91 Å². The number of rotatable bonds is 8. The molecule has 1 fully saturated rings. The van der Waals surface area contributed by atoms with Crippen LogP contribution in [0.1, 0.15) is 36.0 Å². The number of carbonyl (C=O) groups excluding carboxylic acids is 2. The van der Waals surface area contributed by atoms with Gasteiger partial charge >= 0.3 is 0 Å². The molecule has 0 bridgehead atoms. The quantitative estimate of drug-likeness (QED) is 0.224. The van der Waals surface area contributed by atoms with E-state index in [0.29, 0.717) is 17.1 Å². The zero-order valence-corrected chi connectivity index (χ0v) is 21.5. The second-order valence-corrected chi connectivity index (χ2v) is 10.4. The van der Waals surface area contributed by atoms with Crippen LogP contribution in [-0.2, 0) is 4.79 Å². The Morgan fingerprint density at radius 1 is 1.11 bits per heavy atom. The highest BCUT2D eigenvalue weighted by Crippen LogP contribution is 2.33. The number of likely N-dealkylation sites (tertiary alicyclic amines) is 1. The molecule has 35 heavy (non-hydrogen) atoms. The van der Waals surface area contributed by atoms with E-state index in [1.54, 1.807) is 0 Å². The van der Waals surface area contributed by atoms with E-state index < -0.39 is 0 Å². The molecule has 2 aromatic heterocycles. The Morgan fingerprint density at radius 2 is 1.97 bits per heavy atom. The molecule has 2 aromatic carbocycles. The number of hydrogen-bond acceptors (Lipinski definition) is 3. The van der Waals surface area contributed by atoms with Gasteiger partial charge in [-0.1, -0.05) is 33.6 Å². The van der Waals surface area contributed by atoms with Gasteiger partial charge in [0, 0.05) is 37.8 Å². The van der Waals surface area contributed by atoms with Gasteiger partial charge in [-0.25, -0.2) is 0 Å². The van der Waals surface area contributed by atoms with Crippen LogP contribution in [-0.4, -0.2) is 52.4 Å². The molecule has 1 aliphatic heterocycles. The van der Waals surface area contributed by atoms with Gasteiger partial charge in [0.1, 0.15) is 0 Å². The van der Waals surface area contributed by atoms with Gasteiger partial charge in [-0.2, -0.15) is 0 Å². The number of primary amides is 1. The van der Waals surface area contributed by atoms with Gasteiger partial charge in [-0.15, -0.1) is 0 Å². The zero-order chi connectivity index (χ0) is 24.5. The monoisotopic (exact) mass is 555 g/mol. The third-order valence-electron chi connectivity index (χ3n) is 6.69. The van der Waals surface area contributed by atoms with Crippen LogP contribution in [0.3, 0.4) is 0 Å². The Kier molecular flexibility index (Phi) is 6.86. The largest absolute Gasteiger partial charge is 0.368 e. The first-order valence-corrected chi connectivity index (χ1v) is 13.0. The van der Waals surface area contributed by atoms with Crippen LogP contribution >= 0.6 is 27.5 Å². The fourth-order valence-corrected chi connectivity index (χ4v) is 5.53. The van der Waals surface area contributed by atoms with Crippen molar-refractivity contribution in [1.29, 1.82) is 0 Å². The van der Waals surface area contributed by atoms with Crippen LogP contribution in [0.25, 0.3) is 33.2 Å². The molecule has 0 aliphatic carbocycles. The average molecular weight is 557 g/mol. The maximum atomic E-state index is 13.4. The van der Waals surface area contributed by atoms with Crippen molar-refractivity contribution in [1.82, 2.24) is 20.2 Å². The van der Waals surface area contributed by atoms with Gasteiger partial charge in [0.25, 0.3) is 5.91 Å². The second kappa shape index (κ2) is 10.0. The number of benzene rings is 2. The summed E-state index contributed by atoms with van der Waals surface area (Å²) < 4.78 is 0.935. The van der Waals surface area contributed by atoms with Crippen LogP contribution in [0.2, 0.25) is 5.02 Å². The Morgan fingerprint density at radius 3 is 2.80 bits per heavy atom. The van der Waals surface area contributed by atoms with E-state index in [2.05, 4.69) is 36.1 Å². The first kappa shape index (κ1) is 23.9. The molecule has 5 rings (SSSR count). The molecule has 1 aliphatic rings. The first-order valence-electron chi connectivity index (χ1n) is 11.8. The van der Waals surface area contributed by atoms with Crippen molar-refractivity contribution in [2.45, 2.75) is 31.7 Å². The molecular formula is C26H27BrClN5O2. The topological polar surface area (TPSA) is 107 Å². The van der Waals surface area contributed by atoms with E-state index in [4.69, 9.17) is 17.3 Å². The molecule has 0 unspecified atom stereocenters. The lowest BCUT2D eigenvalue weighted by Crippen LogP contribution is -2.40. The van der Waals surface area contributed by atoms with Gasteiger partial charge in [-0.05, 0) is 75.2 Å².